The molecule has 2 amide bonds. The monoisotopic (exact) mass is 235 g/mol. The van der Waals surface area contributed by atoms with Crippen LogP contribution in [0.3, 0.4) is 0 Å². The molecule has 0 fully saturated rings. The van der Waals surface area contributed by atoms with E-state index in [9.17, 15) is 14.8 Å². The Morgan fingerprint density at radius 2 is 1.65 bits per heavy atom. The van der Waals surface area contributed by atoms with E-state index < -0.39 is 11.8 Å². The van der Waals surface area contributed by atoms with Crippen molar-refractivity contribution in [2.24, 2.45) is 0 Å². The molecule has 3 rings (SSSR count). The Balaban J connectivity index is 0.00000108. The Labute approximate surface area is 119 Å². The van der Waals surface area contributed by atoms with E-state index in [1.807, 2.05) is 12.1 Å². The molecule has 0 atom stereocenters. The van der Waals surface area contributed by atoms with Gasteiger partial charge in [0.05, 0.1) is 11.1 Å². The third kappa shape index (κ3) is 1.61. The fourth-order valence-corrected chi connectivity index (χ4v) is 1.98. The van der Waals surface area contributed by atoms with Crippen LogP contribution in [0.4, 0.5) is 0 Å². The number of imide groups is 1. The number of carbonyl (C=O) groups excluding carboxylic acids is 2. The average molecular weight is 235 g/mol. The molecule has 0 saturated carbocycles. The number of rotatable bonds is 0. The van der Waals surface area contributed by atoms with Crippen molar-refractivity contribution in [2.75, 3.05) is 0 Å². The molecule has 0 aliphatic carbocycles. The Kier molecular flexibility index (Phi) is 3.05. The summed E-state index contributed by atoms with van der Waals surface area (Å²) in [7, 11) is 0. The summed E-state index contributed by atoms with van der Waals surface area (Å²) in [5.74, 6) is -1.54. The minimum atomic E-state index is -0.772. The van der Waals surface area contributed by atoms with Gasteiger partial charge in [-0.1, -0.05) is 30.3 Å². The third-order valence-corrected chi connectivity index (χ3v) is 2.74. The van der Waals surface area contributed by atoms with Crippen molar-refractivity contribution < 1.29 is 39.1 Å². The predicted octanol–water partition coefficient (Wildman–Crippen LogP) is -1.06. The van der Waals surface area contributed by atoms with Gasteiger partial charge in [-0.05, 0) is 16.8 Å². The van der Waals surface area contributed by atoms with Crippen LogP contribution in [0.2, 0.25) is 0 Å². The second-order valence-electron chi connectivity index (χ2n) is 3.61. The largest absolute Gasteiger partial charge is 1.00 e. The van der Waals surface area contributed by atoms with Crippen LogP contribution in [0, 0.1) is 5.21 Å². The van der Waals surface area contributed by atoms with Gasteiger partial charge < -0.3 is 10.3 Å². The van der Waals surface area contributed by atoms with Crippen LogP contribution in [-0.2, 0) is 0 Å². The number of nitrogens with zero attached hydrogens (tertiary/aromatic N) is 1. The minimum absolute atomic E-state index is 0. The first kappa shape index (κ1) is 12.3. The van der Waals surface area contributed by atoms with Gasteiger partial charge in [-0.2, -0.15) is 0 Å². The van der Waals surface area contributed by atoms with Crippen molar-refractivity contribution in [1.82, 2.24) is 5.06 Å². The van der Waals surface area contributed by atoms with Gasteiger partial charge in [-0.25, -0.2) is 0 Å². The topological polar surface area (TPSA) is 60.4 Å². The molecule has 0 radical (unpaired) electrons. The molecule has 2 aromatic rings. The molecule has 0 saturated heterocycles. The van der Waals surface area contributed by atoms with E-state index >= 15 is 0 Å². The van der Waals surface area contributed by atoms with Crippen molar-refractivity contribution in [3.05, 3.63) is 52.7 Å². The molecular weight excluding hydrogens is 229 g/mol. The van der Waals surface area contributed by atoms with Crippen molar-refractivity contribution in [3.8, 4) is 0 Å². The van der Waals surface area contributed by atoms with Crippen LogP contribution >= 0.6 is 0 Å². The molecule has 4 nitrogen and oxygen atoms in total. The number of amides is 2. The van der Waals surface area contributed by atoms with E-state index in [-0.39, 0.29) is 45.7 Å². The summed E-state index contributed by atoms with van der Waals surface area (Å²) in [6.45, 7) is 0. The molecule has 2 aromatic carbocycles. The van der Waals surface area contributed by atoms with Crippen molar-refractivity contribution in [2.45, 2.75) is 0 Å². The summed E-state index contributed by atoms with van der Waals surface area (Å²) in [5.41, 5.74) is 0.414. The number of hydrogen-bond acceptors (Lipinski definition) is 3. The summed E-state index contributed by atoms with van der Waals surface area (Å²) >= 11 is 0. The first-order chi connectivity index (χ1) is 7.70. The van der Waals surface area contributed by atoms with Crippen LogP contribution in [0.25, 0.3) is 10.8 Å². The fourth-order valence-electron chi connectivity index (χ4n) is 1.98. The molecule has 0 spiro atoms. The van der Waals surface area contributed by atoms with Gasteiger partial charge in [-0.15, -0.1) is 0 Å². The Bertz CT molecular complexity index is 639. The maximum atomic E-state index is 11.6. The third-order valence-electron chi connectivity index (χ3n) is 2.74. The quantitative estimate of drug-likeness (QED) is 0.432. The average Bonchev–Trinajstić information content (AvgIpc) is 2.55. The first-order valence-corrected chi connectivity index (χ1v) is 4.78. The number of carbonyl (C=O) groups is 2. The first-order valence-electron chi connectivity index (χ1n) is 4.78. The SMILES string of the molecule is O=C1c2ccc3ccccc3c2C(=O)N1[O-].[Na+]. The van der Waals surface area contributed by atoms with Crippen molar-refractivity contribution in [3.63, 3.8) is 0 Å². The molecule has 17 heavy (non-hydrogen) atoms. The molecule has 1 heterocycles. The Morgan fingerprint density at radius 1 is 0.941 bits per heavy atom. The zero-order chi connectivity index (χ0) is 11.3. The maximum absolute atomic E-state index is 11.6. The van der Waals surface area contributed by atoms with Crippen molar-refractivity contribution >= 4 is 22.6 Å². The fraction of sp³-hybridized carbons (Fsp3) is 0. The van der Waals surface area contributed by atoms with Crippen LogP contribution in [0.5, 0.6) is 0 Å². The summed E-state index contributed by atoms with van der Waals surface area (Å²) in [6, 6.07) is 10.4. The van der Waals surface area contributed by atoms with Gasteiger partial charge in [0.2, 0.25) is 0 Å². The molecule has 0 unspecified atom stereocenters. The Morgan fingerprint density at radius 3 is 2.41 bits per heavy atom. The van der Waals surface area contributed by atoms with E-state index in [1.54, 1.807) is 18.2 Å². The maximum Gasteiger partial charge on any atom is 1.00 e. The molecular formula is C12H6NNaO3. The molecule has 1 aliphatic rings. The van der Waals surface area contributed by atoms with Gasteiger partial charge in [0.15, 0.2) is 0 Å². The predicted molar refractivity (Wildman–Crippen MR) is 57.8 cm³/mol. The number of hydrogen-bond donors (Lipinski definition) is 0. The number of benzene rings is 2. The van der Waals surface area contributed by atoms with Gasteiger partial charge in [0.1, 0.15) is 0 Å². The molecule has 1 aliphatic heterocycles. The standard InChI is InChI=1S/C12H6NO3.Na/c14-11-9-6-5-7-3-1-2-4-8(7)10(9)12(15)13(11)16;/h1-6H;/q-1;+1. The van der Waals surface area contributed by atoms with E-state index in [2.05, 4.69) is 0 Å². The van der Waals surface area contributed by atoms with E-state index in [1.165, 1.54) is 6.07 Å². The summed E-state index contributed by atoms with van der Waals surface area (Å²) in [4.78, 5) is 23.1. The molecule has 0 N–H and O–H groups in total. The van der Waals surface area contributed by atoms with Gasteiger partial charge in [-0.3, -0.25) is 9.59 Å². The van der Waals surface area contributed by atoms with Crippen LogP contribution in [0.1, 0.15) is 20.7 Å². The van der Waals surface area contributed by atoms with Crippen LogP contribution < -0.4 is 29.6 Å². The second kappa shape index (κ2) is 4.23. The van der Waals surface area contributed by atoms with Gasteiger partial charge in [0.25, 0.3) is 11.8 Å². The van der Waals surface area contributed by atoms with Crippen LogP contribution in [0.15, 0.2) is 36.4 Å². The summed E-state index contributed by atoms with van der Waals surface area (Å²) in [5, 5.41) is 12.6. The van der Waals surface area contributed by atoms with Gasteiger partial charge in [0, 0.05) is 0 Å². The van der Waals surface area contributed by atoms with E-state index in [0.717, 1.165) is 5.39 Å². The van der Waals surface area contributed by atoms with E-state index in [4.69, 9.17) is 0 Å². The smallest absolute Gasteiger partial charge is 0.749 e. The van der Waals surface area contributed by atoms with Crippen LogP contribution in [-0.4, -0.2) is 16.9 Å². The number of hydroxylamine groups is 2. The van der Waals surface area contributed by atoms with Gasteiger partial charge >= 0.3 is 29.6 Å². The normalized spacial score (nSPS) is 13.8. The van der Waals surface area contributed by atoms with E-state index in [0.29, 0.717) is 5.39 Å². The number of fused-ring (bicyclic) bond motifs is 3. The minimum Gasteiger partial charge on any atom is -0.749 e. The molecule has 78 valence electrons. The van der Waals surface area contributed by atoms with Crippen molar-refractivity contribution in [1.29, 1.82) is 0 Å². The zero-order valence-electron chi connectivity index (χ0n) is 9.14. The molecule has 0 bridgehead atoms. The summed E-state index contributed by atoms with van der Waals surface area (Å²) in [6.07, 6.45) is 0. The molecule has 0 aromatic heterocycles. The Hall–Kier alpha value is -1.20. The zero-order valence-corrected chi connectivity index (χ0v) is 11.1. The second-order valence-corrected chi connectivity index (χ2v) is 3.61. The molecule has 5 heteroatoms. The summed E-state index contributed by atoms with van der Waals surface area (Å²) < 4.78 is 0.